The minimum atomic E-state index is 0. The first-order valence-electron chi connectivity index (χ1n) is 9.52. The summed E-state index contributed by atoms with van der Waals surface area (Å²) in [4.78, 5) is 22.6. The lowest BCUT2D eigenvalue weighted by atomic mass is 10.1. The van der Waals surface area contributed by atoms with E-state index in [4.69, 9.17) is 0 Å². The first-order valence-corrected chi connectivity index (χ1v) is 9.52. The Bertz CT molecular complexity index is 764. The minimum Gasteiger partial charge on any atom is -0.357 e. The van der Waals surface area contributed by atoms with Crippen LogP contribution in [0.5, 0.6) is 0 Å². The summed E-state index contributed by atoms with van der Waals surface area (Å²) >= 11 is 0. The summed E-state index contributed by atoms with van der Waals surface area (Å²) in [6.07, 6.45) is 3.45. The van der Waals surface area contributed by atoms with Gasteiger partial charge in [0.15, 0.2) is 5.96 Å². The molecular weight excluding hydrogens is 465 g/mol. The van der Waals surface area contributed by atoms with Gasteiger partial charge < -0.3 is 15.5 Å². The van der Waals surface area contributed by atoms with Gasteiger partial charge in [-0.1, -0.05) is 30.3 Å². The van der Waals surface area contributed by atoms with Crippen LogP contribution in [-0.2, 0) is 24.4 Å². The number of carbonyl (C=O) groups excluding carboxylic acids is 1. The van der Waals surface area contributed by atoms with Gasteiger partial charge in [0.25, 0.3) is 0 Å². The molecule has 1 fully saturated rings. The fourth-order valence-corrected chi connectivity index (χ4v) is 3.03. The molecule has 150 valence electrons. The van der Waals surface area contributed by atoms with Crippen molar-refractivity contribution in [3.8, 4) is 0 Å². The maximum atomic E-state index is 11.7. The maximum absolute atomic E-state index is 11.7. The summed E-state index contributed by atoms with van der Waals surface area (Å²) in [5, 5.41) is 6.56. The van der Waals surface area contributed by atoms with Gasteiger partial charge in [-0.15, -0.1) is 24.0 Å². The third-order valence-corrected chi connectivity index (χ3v) is 4.49. The van der Waals surface area contributed by atoms with Gasteiger partial charge in [0.1, 0.15) is 0 Å². The number of nitrogens with one attached hydrogen (secondary N) is 2. The van der Waals surface area contributed by atoms with Gasteiger partial charge in [-0.3, -0.25) is 9.78 Å². The molecule has 28 heavy (non-hydrogen) atoms. The molecule has 6 nitrogen and oxygen atoms in total. The molecule has 1 aliphatic rings. The molecule has 0 aliphatic carbocycles. The second-order valence-corrected chi connectivity index (χ2v) is 6.61. The molecule has 3 rings (SSSR count). The first-order chi connectivity index (χ1) is 13.2. The Morgan fingerprint density at radius 2 is 1.93 bits per heavy atom. The molecule has 0 saturated carbocycles. The van der Waals surface area contributed by atoms with Crippen molar-refractivity contribution in [3.63, 3.8) is 0 Å². The smallest absolute Gasteiger partial charge is 0.222 e. The molecule has 1 aromatic carbocycles. The normalized spacial score (nSPS) is 14.0. The fourth-order valence-electron chi connectivity index (χ4n) is 3.03. The highest BCUT2D eigenvalue weighted by Gasteiger charge is 2.19. The molecule has 0 spiro atoms. The predicted octanol–water partition coefficient (Wildman–Crippen LogP) is 3.08. The van der Waals surface area contributed by atoms with E-state index in [0.717, 1.165) is 42.3 Å². The van der Waals surface area contributed by atoms with Gasteiger partial charge in [0.2, 0.25) is 5.91 Å². The van der Waals surface area contributed by atoms with Crippen molar-refractivity contribution < 1.29 is 4.79 Å². The lowest BCUT2D eigenvalue weighted by molar-refractivity contribution is -0.128. The Morgan fingerprint density at radius 1 is 1.14 bits per heavy atom. The fraction of sp³-hybridized carbons (Fsp3) is 0.381. The van der Waals surface area contributed by atoms with Crippen LogP contribution in [0.25, 0.3) is 0 Å². The van der Waals surface area contributed by atoms with Gasteiger partial charge >= 0.3 is 0 Å². The van der Waals surface area contributed by atoms with Crippen molar-refractivity contribution in [2.75, 3.05) is 13.1 Å². The average Bonchev–Trinajstić information content (AvgIpc) is 3.10. The Labute approximate surface area is 183 Å². The van der Waals surface area contributed by atoms with Gasteiger partial charge in [-0.05, 0) is 36.6 Å². The number of hydrogen-bond donors (Lipinski definition) is 2. The highest BCUT2D eigenvalue weighted by Crippen LogP contribution is 2.15. The van der Waals surface area contributed by atoms with Gasteiger partial charge in [-0.25, -0.2) is 4.99 Å². The minimum absolute atomic E-state index is 0. The van der Waals surface area contributed by atoms with Crippen LogP contribution in [0.3, 0.4) is 0 Å². The third kappa shape index (κ3) is 6.78. The Morgan fingerprint density at radius 3 is 2.57 bits per heavy atom. The second kappa shape index (κ2) is 11.6. The number of guanidine groups is 1. The van der Waals surface area contributed by atoms with Crippen molar-refractivity contribution in [2.24, 2.45) is 4.99 Å². The molecule has 0 unspecified atom stereocenters. The number of hydrogen-bond acceptors (Lipinski definition) is 3. The van der Waals surface area contributed by atoms with Crippen molar-refractivity contribution in [2.45, 2.75) is 39.4 Å². The molecule has 2 N–H and O–H groups in total. The SMILES string of the molecule is CCNC(=NCc1ccc(CN2CCCC2=O)cc1)NCc1ccccn1.I. The molecule has 2 heterocycles. The number of pyridine rings is 1. The topological polar surface area (TPSA) is 69.6 Å². The number of likely N-dealkylation sites (tertiary alicyclic amines) is 1. The molecule has 1 amide bonds. The Hall–Kier alpha value is -2.16. The summed E-state index contributed by atoms with van der Waals surface area (Å²) in [6.45, 7) is 5.66. The number of carbonyl (C=O) groups is 1. The van der Waals surface area contributed by atoms with Gasteiger partial charge in [0.05, 0.1) is 18.8 Å². The molecule has 7 heteroatoms. The van der Waals surface area contributed by atoms with E-state index in [1.807, 2.05) is 30.0 Å². The number of nitrogens with zero attached hydrogens (tertiary/aromatic N) is 3. The standard InChI is InChI=1S/C21H27N5O.HI/c1-2-22-21(25-15-19-6-3-4-12-23-19)24-14-17-8-10-18(11-9-17)16-26-13-5-7-20(26)27;/h3-4,6,8-12H,2,5,7,13-16H2,1H3,(H2,22,24,25);1H. The van der Waals surface area contributed by atoms with Crippen molar-refractivity contribution in [1.82, 2.24) is 20.5 Å². The van der Waals surface area contributed by atoms with E-state index in [1.165, 1.54) is 0 Å². The number of rotatable bonds is 7. The highest BCUT2D eigenvalue weighted by molar-refractivity contribution is 14.0. The number of aliphatic imine (C=N–C) groups is 1. The summed E-state index contributed by atoms with van der Waals surface area (Å²) < 4.78 is 0. The van der Waals surface area contributed by atoms with Crippen LogP contribution in [0, 0.1) is 0 Å². The van der Waals surface area contributed by atoms with Crippen LogP contribution in [0.15, 0.2) is 53.7 Å². The van der Waals surface area contributed by atoms with Crippen LogP contribution in [0.2, 0.25) is 0 Å². The first kappa shape index (κ1) is 22.1. The van der Waals surface area contributed by atoms with E-state index in [9.17, 15) is 4.79 Å². The highest BCUT2D eigenvalue weighted by atomic mass is 127. The summed E-state index contributed by atoms with van der Waals surface area (Å²) in [7, 11) is 0. The summed E-state index contributed by atoms with van der Waals surface area (Å²) in [6, 6.07) is 14.2. The van der Waals surface area contributed by atoms with Crippen molar-refractivity contribution in [1.29, 1.82) is 0 Å². The van der Waals surface area contributed by atoms with E-state index in [0.29, 0.717) is 26.1 Å². The number of halogens is 1. The molecular formula is C21H28IN5O. The zero-order valence-electron chi connectivity index (χ0n) is 16.2. The van der Waals surface area contributed by atoms with Gasteiger partial charge in [0, 0.05) is 32.3 Å². The Balaban J connectivity index is 0.00000280. The molecule has 0 radical (unpaired) electrons. The van der Waals surface area contributed by atoms with Crippen LogP contribution in [-0.4, -0.2) is 34.8 Å². The molecule has 1 saturated heterocycles. The lowest BCUT2D eigenvalue weighted by Crippen LogP contribution is -2.37. The Kier molecular flexibility index (Phi) is 9.19. The van der Waals surface area contributed by atoms with E-state index in [-0.39, 0.29) is 29.9 Å². The lowest BCUT2D eigenvalue weighted by Gasteiger charge is -2.15. The van der Waals surface area contributed by atoms with Crippen molar-refractivity contribution in [3.05, 3.63) is 65.5 Å². The largest absolute Gasteiger partial charge is 0.357 e. The van der Waals surface area contributed by atoms with E-state index < -0.39 is 0 Å². The van der Waals surface area contributed by atoms with Crippen LogP contribution < -0.4 is 10.6 Å². The van der Waals surface area contributed by atoms with Crippen LogP contribution in [0.1, 0.15) is 36.6 Å². The predicted molar refractivity (Wildman–Crippen MR) is 122 cm³/mol. The van der Waals surface area contributed by atoms with Gasteiger partial charge in [-0.2, -0.15) is 0 Å². The van der Waals surface area contributed by atoms with Crippen LogP contribution in [0.4, 0.5) is 0 Å². The maximum Gasteiger partial charge on any atom is 0.222 e. The number of amides is 1. The summed E-state index contributed by atoms with van der Waals surface area (Å²) in [5.74, 6) is 1.04. The molecule has 1 aromatic heterocycles. The number of aromatic nitrogens is 1. The van der Waals surface area contributed by atoms with E-state index in [1.54, 1.807) is 6.20 Å². The third-order valence-electron chi connectivity index (χ3n) is 4.49. The van der Waals surface area contributed by atoms with E-state index >= 15 is 0 Å². The molecule has 0 bridgehead atoms. The molecule has 0 atom stereocenters. The zero-order chi connectivity index (χ0) is 18.9. The zero-order valence-corrected chi connectivity index (χ0v) is 18.6. The average molecular weight is 493 g/mol. The number of benzene rings is 1. The second-order valence-electron chi connectivity index (χ2n) is 6.61. The molecule has 2 aromatic rings. The van der Waals surface area contributed by atoms with Crippen molar-refractivity contribution >= 4 is 35.8 Å². The van der Waals surface area contributed by atoms with E-state index in [2.05, 4.69) is 44.9 Å². The quantitative estimate of drug-likeness (QED) is 0.354. The monoisotopic (exact) mass is 493 g/mol. The summed E-state index contributed by atoms with van der Waals surface area (Å²) in [5.41, 5.74) is 3.28. The molecule has 1 aliphatic heterocycles. The van der Waals surface area contributed by atoms with Crippen LogP contribution >= 0.6 is 24.0 Å².